The standard InChI is InChI=1S/C12H20N4/c1-3-16(4-2)12-9-13-7-11(15-12)8-14-10-5-6-10/h7,9-10,14H,3-6,8H2,1-2H3. The van der Waals surface area contributed by atoms with E-state index >= 15 is 0 Å². The molecule has 0 aromatic carbocycles. The highest BCUT2D eigenvalue weighted by Gasteiger charge is 2.20. The number of anilines is 1. The Labute approximate surface area is 97.1 Å². The second-order valence-electron chi connectivity index (χ2n) is 4.20. The first-order valence-electron chi connectivity index (χ1n) is 6.12. The maximum absolute atomic E-state index is 4.62. The topological polar surface area (TPSA) is 41.1 Å². The van der Waals surface area contributed by atoms with Gasteiger partial charge in [-0.1, -0.05) is 0 Å². The molecule has 1 aromatic heterocycles. The average Bonchev–Trinajstić information content (AvgIpc) is 3.13. The van der Waals surface area contributed by atoms with E-state index in [1.54, 1.807) is 0 Å². The summed E-state index contributed by atoms with van der Waals surface area (Å²) in [7, 11) is 0. The van der Waals surface area contributed by atoms with Crippen molar-refractivity contribution in [2.24, 2.45) is 0 Å². The van der Waals surface area contributed by atoms with E-state index in [1.807, 2.05) is 12.4 Å². The van der Waals surface area contributed by atoms with E-state index in [4.69, 9.17) is 0 Å². The molecule has 1 saturated carbocycles. The van der Waals surface area contributed by atoms with Crippen LogP contribution in [0, 0.1) is 0 Å². The van der Waals surface area contributed by atoms with Gasteiger partial charge in [0, 0.05) is 31.9 Å². The minimum atomic E-state index is 0.721. The molecule has 0 radical (unpaired) electrons. The Balaban J connectivity index is 1.99. The first kappa shape index (κ1) is 11.3. The number of aromatic nitrogens is 2. The maximum Gasteiger partial charge on any atom is 0.147 e. The van der Waals surface area contributed by atoms with Crippen LogP contribution >= 0.6 is 0 Å². The number of rotatable bonds is 6. The van der Waals surface area contributed by atoms with E-state index in [0.717, 1.165) is 37.2 Å². The van der Waals surface area contributed by atoms with E-state index in [2.05, 4.69) is 34.0 Å². The van der Waals surface area contributed by atoms with Crippen LogP contribution in [0.15, 0.2) is 12.4 Å². The van der Waals surface area contributed by atoms with Crippen LogP contribution in [-0.2, 0) is 6.54 Å². The van der Waals surface area contributed by atoms with Crippen molar-refractivity contribution in [2.75, 3.05) is 18.0 Å². The monoisotopic (exact) mass is 220 g/mol. The fourth-order valence-corrected chi connectivity index (χ4v) is 1.72. The predicted molar refractivity (Wildman–Crippen MR) is 65.5 cm³/mol. The Hall–Kier alpha value is -1.16. The SMILES string of the molecule is CCN(CC)c1cncc(CNC2CC2)n1. The molecule has 1 fully saturated rings. The lowest BCUT2D eigenvalue weighted by molar-refractivity contribution is 0.669. The summed E-state index contributed by atoms with van der Waals surface area (Å²) in [6.45, 7) is 7.07. The molecular formula is C12H20N4. The van der Waals surface area contributed by atoms with Crippen molar-refractivity contribution in [1.29, 1.82) is 0 Å². The molecule has 0 bridgehead atoms. The molecule has 0 saturated heterocycles. The molecule has 1 aromatic rings. The highest BCUT2D eigenvalue weighted by molar-refractivity contribution is 5.35. The van der Waals surface area contributed by atoms with Crippen molar-refractivity contribution < 1.29 is 0 Å². The van der Waals surface area contributed by atoms with Crippen LogP contribution in [0.2, 0.25) is 0 Å². The largest absolute Gasteiger partial charge is 0.356 e. The molecular weight excluding hydrogens is 200 g/mol. The van der Waals surface area contributed by atoms with Gasteiger partial charge in [-0.2, -0.15) is 0 Å². The third kappa shape index (κ3) is 2.92. The van der Waals surface area contributed by atoms with Crippen LogP contribution in [0.3, 0.4) is 0 Å². The van der Waals surface area contributed by atoms with Crippen LogP contribution in [-0.4, -0.2) is 29.1 Å². The first-order valence-corrected chi connectivity index (χ1v) is 6.12. The zero-order valence-corrected chi connectivity index (χ0v) is 10.1. The minimum absolute atomic E-state index is 0.721. The fraction of sp³-hybridized carbons (Fsp3) is 0.667. The maximum atomic E-state index is 4.62. The summed E-state index contributed by atoms with van der Waals surface area (Å²) in [5.41, 5.74) is 1.04. The van der Waals surface area contributed by atoms with Gasteiger partial charge in [-0.15, -0.1) is 0 Å². The van der Waals surface area contributed by atoms with Gasteiger partial charge in [0.1, 0.15) is 5.82 Å². The molecule has 4 heteroatoms. The molecule has 1 heterocycles. The lowest BCUT2D eigenvalue weighted by atomic mass is 10.4. The van der Waals surface area contributed by atoms with Gasteiger partial charge in [-0.05, 0) is 26.7 Å². The van der Waals surface area contributed by atoms with Gasteiger partial charge in [0.25, 0.3) is 0 Å². The Morgan fingerprint density at radius 3 is 2.69 bits per heavy atom. The van der Waals surface area contributed by atoms with Crippen molar-refractivity contribution in [1.82, 2.24) is 15.3 Å². The molecule has 0 atom stereocenters. The molecule has 88 valence electrons. The third-order valence-electron chi connectivity index (χ3n) is 2.91. The zero-order chi connectivity index (χ0) is 11.4. The van der Waals surface area contributed by atoms with Gasteiger partial charge in [-0.3, -0.25) is 4.98 Å². The predicted octanol–water partition coefficient (Wildman–Crippen LogP) is 1.57. The second-order valence-corrected chi connectivity index (χ2v) is 4.20. The van der Waals surface area contributed by atoms with Crippen molar-refractivity contribution in [3.63, 3.8) is 0 Å². The van der Waals surface area contributed by atoms with Gasteiger partial charge in [0.15, 0.2) is 0 Å². The summed E-state index contributed by atoms with van der Waals surface area (Å²) < 4.78 is 0. The molecule has 1 aliphatic rings. The lowest BCUT2D eigenvalue weighted by Crippen LogP contribution is -2.24. The van der Waals surface area contributed by atoms with E-state index < -0.39 is 0 Å². The quantitative estimate of drug-likeness (QED) is 0.790. The summed E-state index contributed by atoms with van der Waals surface area (Å²) in [4.78, 5) is 11.1. The van der Waals surface area contributed by atoms with Crippen LogP contribution in [0.5, 0.6) is 0 Å². The highest BCUT2D eigenvalue weighted by atomic mass is 15.2. The summed E-state index contributed by atoms with van der Waals surface area (Å²) in [5.74, 6) is 0.986. The molecule has 0 aliphatic heterocycles. The van der Waals surface area contributed by atoms with Gasteiger partial charge in [-0.25, -0.2) is 4.98 Å². The molecule has 1 N–H and O–H groups in total. The summed E-state index contributed by atoms with van der Waals surface area (Å²) in [6, 6.07) is 0.721. The number of hydrogen-bond acceptors (Lipinski definition) is 4. The Morgan fingerprint density at radius 1 is 1.31 bits per heavy atom. The van der Waals surface area contributed by atoms with Gasteiger partial charge >= 0.3 is 0 Å². The van der Waals surface area contributed by atoms with Crippen molar-refractivity contribution in [2.45, 2.75) is 39.3 Å². The Bertz CT molecular complexity index is 332. The van der Waals surface area contributed by atoms with Crippen LogP contribution in [0.1, 0.15) is 32.4 Å². The van der Waals surface area contributed by atoms with Crippen LogP contribution in [0.25, 0.3) is 0 Å². The normalized spacial score (nSPS) is 15.1. The fourth-order valence-electron chi connectivity index (χ4n) is 1.72. The van der Waals surface area contributed by atoms with Crippen LogP contribution < -0.4 is 10.2 Å². The summed E-state index contributed by atoms with van der Waals surface area (Å²) in [6.07, 6.45) is 6.31. The van der Waals surface area contributed by atoms with E-state index in [-0.39, 0.29) is 0 Å². The highest BCUT2D eigenvalue weighted by Crippen LogP contribution is 2.19. The van der Waals surface area contributed by atoms with E-state index in [0.29, 0.717) is 0 Å². The smallest absolute Gasteiger partial charge is 0.147 e. The van der Waals surface area contributed by atoms with Gasteiger partial charge in [0.2, 0.25) is 0 Å². The molecule has 16 heavy (non-hydrogen) atoms. The summed E-state index contributed by atoms with van der Waals surface area (Å²) in [5, 5.41) is 3.45. The Kier molecular flexibility index (Phi) is 3.72. The number of nitrogens with zero attached hydrogens (tertiary/aromatic N) is 3. The molecule has 2 rings (SSSR count). The van der Waals surface area contributed by atoms with Crippen molar-refractivity contribution in [3.05, 3.63) is 18.1 Å². The minimum Gasteiger partial charge on any atom is -0.356 e. The summed E-state index contributed by atoms with van der Waals surface area (Å²) >= 11 is 0. The second kappa shape index (κ2) is 5.25. The average molecular weight is 220 g/mol. The number of hydrogen-bond donors (Lipinski definition) is 1. The zero-order valence-electron chi connectivity index (χ0n) is 10.1. The van der Waals surface area contributed by atoms with Gasteiger partial charge in [0.05, 0.1) is 11.9 Å². The van der Waals surface area contributed by atoms with Crippen LogP contribution in [0.4, 0.5) is 5.82 Å². The number of nitrogens with one attached hydrogen (secondary N) is 1. The molecule has 4 nitrogen and oxygen atoms in total. The molecule has 1 aliphatic carbocycles. The Morgan fingerprint density at radius 2 is 2.06 bits per heavy atom. The first-order chi connectivity index (χ1) is 7.83. The van der Waals surface area contributed by atoms with E-state index in [9.17, 15) is 0 Å². The van der Waals surface area contributed by atoms with Gasteiger partial charge < -0.3 is 10.2 Å². The molecule has 0 amide bonds. The van der Waals surface area contributed by atoms with E-state index in [1.165, 1.54) is 12.8 Å². The van der Waals surface area contributed by atoms with Crippen molar-refractivity contribution in [3.8, 4) is 0 Å². The third-order valence-corrected chi connectivity index (χ3v) is 2.91. The van der Waals surface area contributed by atoms with Crippen molar-refractivity contribution >= 4 is 5.82 Å². The lowest BCUT2D eigenvalue weighted by Gasteiger charge is -2.19. The molecule has 0 spiro atoms. The molecule has 0 unspecified atom stereocenters.